The lowest BCUT2D eigenvalue weighted by Gasteiger charge is -2.22. The molecule has 2 N–H and O–H groups in total. The van der Waals surface area contributed by atoms with E-state index in [-0.39, 0.29) is 23.3 Å². The van der Waals surface area contributed by atoms with E-state index in [0.29, 0.717) is 24.1 Å². The molecule has 0 saturated heterocycles. The Balaban J connectivity index is 1.41. The first-order valence-electron chi connectivity index (χ1n) is 10.4. The molecule has 0 bridgehead atoms. The largest absolute Gasteiger partial charge is 0.489 e. The van der Waals surface area contributed by atoms with E-state index in [1.807, 2.05) is 37.3 Å². The molecule has 1 saturated carbocycles. The first-order chi connectivity index (χ1) is 14.6. The van der Waals surface area contributed by atoms with E-state index < -0.39 is 0 Å². The topological polar surface area (TPSA) is 80.3 Å². The summed E-state index contributed by atoms with van der Waals surface area (Å²) in [5.41, 5.74) is 1.84. The van der Waals surface area contributed by atoms with Crippen LogP contribution in [0, 0.1) is 12.8 Å². The smallest absolute Gasteiger partial charge is 0.235 e. The van der Waals surface area contributed by atoms with Crippen LogP contribution in [0.25, 0.3) is 0 Å². The fourth-order valence-electron chi connectivity index (χ4n) is 3.49. The molecule has 2 aromatic rings. The summed E-state index contributed by atoms with van der Waals surface area (Å²) >= 11 is 1.26. The van der Waals surface area contributed by atoms with E-state index >= 15 is 0 Å². The molecule has 1 aromatic carbocycles. The van der Waals surface area contributed by atoms with E-state index in [0.717, 1.165) is 11.3 Å². The van der Waals surface area contributed by atoms with Crippen molar-refractivity contribution in [3.8, 4) is 5.75 Å². The molecule has 1 fully saturated rings. The van der Waals surface area contributed by atoms with Crippen molar-refractivity contribution in [2.24, 2.45) is 5.92 Å². The zero-order valence-corrected chi connectivity index (χ0v) is 18.2. The summed E-state index contributed by atoms with van der Waals surface area (Å²) in [6.45, 7) is 2.63. The summed E-state index contributed by atoms with van der Waals surface area (Å²) < 4.78 is 5.95. The van der Waals surface area contributed by atoms with Gasteiger partial charge in [0.15, 0.2) is 11.6 Å². The van der Waals surface area contributed by atoms with Gasteiger partial charge in [0.25, 0.3) is 0 Å². The maximum absolute atomic E-state index is 12.3. The Labute approximate surface area is 182 Å². The van der Waals surface area contributed by atoms with E-state index in [9.17, 15) is 9.59 Å². The normalized spacial score (nSPS) is 14.2. The number of hydrogen-bond donors (Lipinski definition) is 2. The van der Waals surface area contributed by atoms with Crippen molar-refractivity contribution in [2.45, 2.75) is 39.0 Å². The molecular weight excluding hydrogens is 398 g/mol. The van der Waals surface area contributed by atoms with E-state index in [1.54, 1.807) is 12.3 Å². The number of amides is 2. The number of carbonyl (C=O) groups excluding carboxylic acids is 2. The summed E-state index contributed by atoms with van der Waals surface area (Å²) in [5, 5.41) is 5.64. The summed E-state index contributed by atoms with van der Waals surface area (Å²) in [4.78, 5) is 28.6. The Morgan fingerprint density at radius 1 is 1.07 bits per heavy atom. The second-order valence-electron chi connectivity index (χ2n) is 7.62. The molecule has 160 valence electrons. The highest BCUT2D eigenvalue weighted by atomic mass is 32.2. The van der Waals surface area contributed by atoms with Crippen molar-refractivity contribution in [2.75, 3.05) is 28.7 Å². The molecule has 3 rings (SSSR count). The van der Waals surface area contributed by atoms with Crippen LogP contribution in [-0.2, 0) is 9.59 Å². The molecule has 1 aliphatic carbocycles. The Morgan fingerprint density at radius 2 is 1.83 bits per heavy atom. The van der Waals surface area contributed by atoms with Crippen molar-refractivity contribution in [3.05, 3.63) is 48.2 Å². The number of aryl methyl sites for hydroxylation is 1. The van der Waals surface area contributed by atoms with Gasteiger partial charge in [-0.05, 0) is 55.5 Å². The Bertz CT molecular complexity index is 853. The third-order valence-corrected chi connectivity index (χ3v) is 5.93. The van der Waals surface area contributed by atoms with Crippen molar-refractivity contribution in [1.82, 2.24) is 4.98 Å². The molecule has 1 heterocycles. The van der Waals surface area contributed by atoms with Gasteiger partial charge in [-0.2, -0.15) is 0 Å². The lowest BCUT2D eigenvalue weighted by molar-refractivity contribution is -0.114. The van der Waals surface area contributed by atoms with Gasteiger partial charge < -0.3 is 15.4 Å². The van der Waals surface area contributed by atoms with Crippen LogP contribution in [0.3, 0.4) is 0 Å². The van der Waals surface area contributed by atoms with Crippen molar-refractivity contribution in [3.63, 3.8) is 0 Å². The van der Waals surface area contributed by atoms with Gasteiger partial charge in [-0.1, -0.05) is 31.4 Å². The molecule has 0 radical (unpaired) electrons. The number of nitrogens with zero attached hydrogens (tertiary/aromatic N) is 1. The van der Waals surface area contributed by atoms with Crippen LogP contribution < -0.4 is 15.4 Å². The third-order valence-electron chi connectivity index (χ3n) is 5.00. The van der Waals surface area contributed by atoms with Gasteiger partial charge in [0.1, 0.15) is 0 Å². The van der Waals surface area contributed by atoms with E-state index in [2.05, 4.69) is 15.6 Å². The maximum atomic E-state index is 12.3. The van der Waals surface area contributed by atoms with Gasteiger partial charge in [-0.25, -0.2) is 4.98 Å². The minimum Gasteiger partial charge on any atom is -0.489 e. The number of carbonyl (C=O) groups is 2. The summed E-state index contributed by atoms with van der Waals surface area (Å²) in [5.74, 6) is 1.64. The van der Waals surface area contributed by atoms with Gasteiger partial charge in [0.05, 0.1) is 18.1 Å². The minimum atomic E-state index is -0.204. The molecule has 7 heteroatoms. The highest BCUT2D eigenvalue weighted by Crippen LogP contribution is 2.27. The van der Waals surface area contributed by atoms with Gasteiger partial charge in [0, 0.05) is 11.9 Å². The van der Waals surface area contributed by atoms with Crippen LogP contribution in [-0.4, -0.2) is 34.9 Å². The standard InChI is InChI=1S/C23H29N3O3S/c1-17-7-5-10-19(13-17)25-21(27)15-30-16-22(28)26-23-20(11-6-12-24-23)29-14-18-8-3-2-4-9-18/h5-7,10-13,18H,2-4,8-9,14-16H2,1H3,(H,25,27)(H,24,26,28). The quantitative estimate of drug-likeness (QED) is 0.608. The maximum Gasteiger partial charge on any atom is 0.235 e. The number of ether oxygens (including phenoxy) is 1. The van der Waals surface area contributed by atoms with Crippen LogP contribution in [0.4, 0.5) is 11.5 Å². The predicted octanol–water partition coefficient (Wildman–Crippen LogP) is 4.66. The van der Waals surface area contributed by atoms with Crippen LogP contribution in [0.5, 0.6) is 5.75 Å². The molecule has 1 aliphatic rings. The molecule has 30 heavy (non-hydrogen) atoms. The third kappa shape index (κ3) is 7.37. The second-order valence-corrected chi connectivity index (χ2v) is 8.61. The van der Waals surface area contributed by atoms with Crippen LogP contribution in [0.15, 0.2) is 42.6 Å². The highest BCUT2D eigenvalue weighted by Gasteiger charge is 2.16. The van der Waals surface area contributed by atoms with Crippen LogP contribution in [0.2, 0.25) is 0 Å². The molecule has 6 nitrogen and oxygen atoms in total. The lowest BCUT2D eigenvalue weighted by Crippen LogP contribution is -2.20. The lowest BCUT2D eigenvalue weighted by atomic mass is 9.90. The van der Waals surface area contributed by atoms with Crippen molar-refractivity contribution < 1.29 is 14.3 Å². The average molecular weight is 428 g/mol. The molecule has 0 spiro atoms. The Morgan fingerprint density at radius 3 is 2.60 bits per heavy atom. The second kappa shape index (κ2) is 11.6. The fourth-order valence-corrected chi connectivity index (χ4v) is 4.10. The van der Waals surface area contributed by atoms with Crippen LogP contribution >= 0.6 is 11.8 Å². The molecule has 0 aliphatic heterocycles. The van der Waals surface area contributed by atoms with Gasteiger partial charge in [-0.15, -0.1) is 11.8 Å². The molecule has 0 unspecified atom stereocenters. The first-order valence-corrected chi connectivity index (χ1v) is 11.6. The average Bonchev–Trinajstić information content (AvgIpc) is 2.74. The van der Waals surface area contributed by atoms with E-state index in [4.69, 9.17) is 4.74 Å². The predicted molar refractivity (Wildman–Crippen MR) is 122 cm³/mol. The molecule has 2 amide bonds. The molecular formula is C23H29N3O3S. The Hall–Kier alpha value is -2.54. The summed E-state index contributed by atoms with van der Waals surface area (Å²) in [6, 6.07) is 11.2. The van der Waals surface area contributed by atoms with Crippen LogP contribution in [0.1, 0.15) is 37.7 Å². The van der Waals surface area contributed by atoms with Gasteiger partial charge in [0.2, 0.25) is 11.8 Å². The number of benzene rings is 1. The van der Waals surface area contributed by atoms with Gasteiger partial charge >= 0.3 is 0 Å². The van der Waals surface area contributed by atoms with Crippen molar-refractivity contribution >= 4 is 35.1 Å². The number of thioether (sulfide) groups is 1. The summed E-state index contributed by atoms with van der Waals surface area (Å²) in [7, 11) is 0. The molecule has 0 atom stereocenters. The number of nitrogens with one attached hydrogen (secondary N) is 2. The Kier molecular flexibility index (Phi) is 8.56. The number of anilines is 2. The van der Waals surface area contributed by atoms with Crippen molar-refractivity contribution in [1.29, 1.82) is 0 Å². The molecule has 1 aromatic heterocycles. The number of rotatable bonds is 9. The first kappa shape index (κ1) is 22.2. The number of hydrogen-bond acceptors (Lipinski definition) is 5. The van der Waals surface area contributed by atoms with E-state index in [1.165, 1.54) is 43.9 Å². The fraction of sp³-hybridized carbons (Fsp3) is 0.435. The zero-order chi connectivity index (χ0) is 21.2. The van der Waals surface area contributed by atoms with Gasteiger partial charge in [-0.3, -0.25) is 9.59 Å². The number of aromatic nitrogens is 1. The zero-order valence-electron chi connectivity index (χ0n) is 17.4. The highest BCUT2D eigenvalue weighted by molar-refractivity contribution is 8.00. The monoisotopic (exact) mass is 427 g/mol. The number of pyridine rings is 1. The summed E-state index contributed by atoms with van der Waals surface area (Å²) in [6.07, 6.45) is 7.86. The minimum absolute atomic E-state index is 0.132. The SMILES string of the molecule is Cc1cccc(NC(=O)CSCC(=O)Nc2ncccc2OCC2CCCCC2)c1.